The quantitative estimate of drug-likeness (QED) is 0.711. The Kier molecular flexibility index (Phi) is 3.92. The first-order valence-corrected chi connectivity index (χ1v) is 7.59. The summed E-state index contributed by atoms with van der Waals surface area (Å²) in [5.74, 6) is -0.754. The molecule has 0 aliphatic carbocycles. The Bertz CT molecular complexity index is 708. The molecule has 2 aromatic rings. The molecular weight excluding hydrogens is 304 g/mol. The lowest BCUT2D eigenvalue weighted by Crippen LogP contribution is -2.36. The summed E-state index contributed by atoms with van der Waals surface area (Å²) in [5, 5.41) is 10.3. The van der Waals surface area contributed by atoms with Gasteiger partial charge in [0.15, 0.2) is 0 Å². The maximum atomic E-state index is 11.9. The monoisotopic (exact) mass is 318 g/mol. The van der Waals surface area contributed by atoms with Crippen molar-refractivity contribution in [3.63, 3.8) is 0 Å². The molecule has 0 aromatic carbocycles. The van der Waals surface area contributed by atoms with Crippen LogP contribution in [0.3, 0.4) is 0 Å². The van der Waals surface area contributed by atoms with Crippen LogP contribution in [0.25, 0.3) is 5.00 Å². The molecule has 0 saturated carbocycles. The van der Waals surface area contributed by atoms with Gasteiger partial charge in [0, 0.05) is 24.5 Å². The van der Waals surface area contributed by atoms with Crippen LogP contribution < -0.4 is 16.0 Å². The molecule has 0 radical (unpaired) electrons. The second-order valence-electron chi connectivity index (χ2n) is 4.84. The molecule has 1 saturated heterocycles. The zero-order chi connectivity index (χ0) is 15.5. The number of rotatable bonds is 5. The lowest BCUT2D eigenvalue weighted by molar-refractivity contribution is -0.126. The fourth-order valence-corrected chi connectivity index (χ4v) is 3.11. The number of amides is 4. The van der Waals surface area contributed by atoms with Crippen LogP contribution in [0.2, 0.25) is 0 Å². The number of nitrogens with one attached hydrogen (secondary N) is 3. The van der Waals surface area contributed by atoms with Gasteiger partial charge in [-0.25, -0.2) is 4.79 Å². The van der Waals surface area contributed by atoms with E-state index in [9.17, 15) is 14.4 Å². The van der Waals surface area contributed by atoms with Gasteiger partial charge in [-0.2, -0.15) is 0 Å². The van der Waals surface area contributed by atoms with Crippen molar-refractivity contribution >= 4 is 29.2 Å². The highest BCUT2D eigenvalue weighted by molar-refractivity contribution is 7.12. The molecule has 2 aromatic heterocycles. The molecule has 114 valence electrons. The van der Waals surface area contributed by atoms with E-state index in [4.69, 9.17) is 0 Å². The largest absolute Gasteiger partial charge is 0.352 e. The smallest absolute Gasteiger partial charge is 0.322 e. The van der Waals surface area contributed by atoms with E-state index >= 15 is 0 Å². The molecule has 1 atom stereocenters. The molecular formula is C14H14N4O3S. The Morgan fingerprint density at radius 3 is 2.77 bits per heavy atom. The highest BCUT2D eigenvalue weighted by Gasteiger charge is 2.31. The van der Waals surface area contributed by atoms with Crippen LogP contribution in [0.5, 0.6) is 0 Å². The topological polar surface area (TPSA) is 92.2 Å². The van der Waals surface area contributed by atoms with E-state index in [0.29, 0.717) is 6.54 Å². The summed E-state index contributed by atoms with van der Waals surface area (Å²) in [6.07, 6.45) is 3.81. The number of hydrogen-bond donors (Lipinski definition) is 3. The van der Waals surface area contributed by atoms with Crippen LogP contribution >= 0.6 is 11.3 Å². The fourth-order valence-electron chi connectivity index (χ4n) is 2.21. The minimum atomic E-state index is -0.793. The van der Waals surface area contributed by atoms with E-state index < -0.39 is 18.0 Å². The average molecular weight is 318 g/mol. The molecule has 0 bridgehead atoms. The first kappa shape index (κ1) is 14.3. The van der Waals surface area contributed by atoms with Crippen molar-refractivity contribution in [1.82, 2.24) is 20.5 Å². The molecule has 3 N–H and O–H groups in total. The van der Waals surface area contributed by atoms with E-state index in [1.54, 1.807) is 11.3 Å². The van der Waals surface area contributed by atoms with Gasteiger partial charge in [-0.05, 0) is 23.6 Å². The number of urea groups is 1. The summed E-state index contributed by atoms with van der Waals surface area (Å²) in [7, 11) is 0. The summed E-state index contributed by atoms with van der Waals surface area (Å²) in [5.41, 5.74) is 0.995. The summed E-state index contributed by atoms with van der Waals surface area (Å²) in [6, 6.07) is 4.46. The maximum Gasteiger partial charge on any atom is 0.322 e. The number of hydrogen-bond acceptors (Lipinski definition) is 4. The number of nitrogens with zero attached hydrogens (tertiary/aromatic N) is 1. The molecule has 1 aliphatic heterocycles. The number of carbonyl (C=O) groups is 3. The Balaban J connectivity index is 1.57. The minimum Gasteiger partial charge on any atom is -0.352 e. The van der Waals surface area contributed by atoms with Crippen LogP contribution in [0.4, 0.5) is 4.79 Å². The minimum absolute atomic E-state index is 0.0689. The first-order chi connectivity index (χ1) is 10.6. The van der Waals surface area contributed by atoms with Gasteiger partial charge in [0.2, 0.25) is 5.91 Å². The molecule has 7 nitrogen and oxygen atoms in total. The third-order valence-electron chi connectivity index (χ3n) is 3.29. The summed E-state index contributed by atoms with van der Waals surface area (Å²) >= 11 is 1.58. The van der Waals surface area contributed by atoms with E-state index in [2.05, 4.69) is 16.0 Å². The van der Waals surface area contributed by atoms with Crippen molar-refractivity contribution in [2.24, 2.45) is 0 Å². The third kappa shape index (κ3) is 3.01. The summed E-state index contributed by atoms with van der Waals surface area (Å²) in [4.78, 5) is 34.3. The van der Waals surface area contributed by atoms with Crippen molar-refractivity contribution in [1.29, 1.82) is 0 Å². The Morgan fingerprint density at radius 1 is 1.32 bits per heavy atom. The van der Waals surface area contributed by atoms with Crippen LogP contribution in [0, 0.1) is 0 Å². The van der Waals surface area contributed by atoms with Crippen LogP contribution in [-0.2, 0) is 16.1 Å². The standard InChI is InChI=1S/C14H14N4O3S/c19-11(7-10-12(20)17-14(21)16-10)15-8-9-3-6-22-13(9)18-4-1-2-5-18/h1-6,10H,7-8H2,(H,15,19)(H2,16,17,20,21)/t10-/m1/s1. The molecule has 0 spiro atoms. The number of thiophene rings is 1. The molecule has 1 fully saturated rings. The maximum absolute atomic E-state index is 11.9. The van der Waals surface area contributed by atoms with Crippen molar-refractivity contribution < 1.29 is 14.4 Å². The van der Waals surface area contributed by atoms with Gasteiger partial charge in [0.05, 0.1) is 6.42 Å². The molecule has 0 unspecified atom stereocenters. The van der Waals surface area contributed by atoms with Gasteiger partial charge in [0.25, 0.3) is 5.91 Å². The SMILES string of the molecule is O=C(C[C@H]1NC(=O)NC1=O)NCc1ccsc1-n1cccc1. The zero-order valence-corrected chi connectivity index (χ0v) is 12.4. The van der Waals surface area contributed by atoms with Crippen molar-refractivity contribution in [3.8, 4) is 5.00 Å². The highest BCUT2D eigenvalue weighted by Crippen LogP contribution is 2.21. The molecule has 22 heavy (non-hydrogen) atoms. The van der Waals surface area contributed by atoms with Gasteiger partial charge >= 0.3 is 6.03 Å². The zero-order valence-electron chi connectivity index (χ0n) is 11.5. The van der Waals surface area contributed by atoms with Gasteiger partial charge < -0.3 is 15.2 Å². The Labute approximate surface area is 130 Å². The Morgan fingerprint density at radius 2 is 2.09 bits per heavy atom. The average Bonchev–Trinajstić information content (AvgIpc) is 3.18. The van der Waals surface area contributed by atoms with Crippen LogP contribution in [0.1, 0.15) is 12.0 Å². The van der Waals surface area contributed by atoms with Gasteiger partial charge in [-0.1, -0.05) is 0 Å². The van der Waals surface area contributed by atoms with Crippen molar-refractivity contribution in [2.75, 3.05) is 0 Å². The fraction of sp³-hybridized carbons (Fsp3) is 0.214. The van der Waals surface area contributed by atoms with E-state index in [1.165, 1.54) is 0 Å². The molecule has 3 heterocycles. The van der Waals surface area contributed by atoms with Gasteiger partial charge in [-0.3, -0.25) is 14.9 Å². The lowest BCUT2D eigenvalue weighted by atomic mass is 10.2. The summed E-state index contributed by atoms with van der Waals surface area (Å²) in [6.45, 7) is 0.373. The number of carbonyl (C=O) groups excluding carboxylic acids is 3. The van der Waals surface area contributed by atoms with E-state index in [0.717, 1.165) is 10.6 Å². The molecule has 1 aliphatic rings. The molecule has 4 amide bonds. The summed E-state index contributed by atoms with van der Waals surface area (Å²) < 4.78 is 1.98. The molecule has 8 heteroatoms. The first-order valence-electron chi connectivity index (χ1n) is 6.71. The van der Waals surface area contributed by atoms with Crippen LogP contribution in [-0.4, -0.2) is 28.5 Å². The third-order valence-corrected chi connectivity index (χ3v) is 4.26. The number of aromatic nitrogens is 1. The van der Waals surface area contributed by atoms with E-state index in [1.807, 2.05) is 40.5 Å². The van der Waals surface area contributed by atoms with Crippen molar-refractivity contribution in [3.05, 3.63) is 41.5 Å². The number of imide groups is 1. The second kappa shape index (κ2) is 6.02. The molecule has 3 rings (SSSR count). The Hall–Kier alpha value is -2.61. The van der Waals surface area contributed by atoms with Crippen LogP contribution in [0.15, 0.2) is 36.0 Å². The van der Waals surface area contributed by atoms with Gasteiger partial charge in [0.1, 0.15) is 11.0 Å². The predicted octanol–water partition coefficient (Wildman–Crippen LogP) is 0.753. The van der Waals surface area contributed by atoms with Gasteiger partial charge in [-0.15, -0.1) is 11.3 Å². The van der Waals surface area contributed by atoms with Crippen molar-refractivity contribution in [2.45, 2.75) is 19.0 Å². The normalized spacial score (nSPS) is 17.2. The predicted molar refractivity (Wildman–Crippen MR) is 80.6 cm³/mol. The lowest BCUT2D eigenvalue weighted by Gasteiger charge is -2.09. The highest BCUT2D eigenvalue weighted by atomic mass is 32.1. The van der Waals surface area contributed by atoms with E-state index in [-0.39, 0.29) is 12.3 Å². The second-order valence-corrected chi connectivity index (χ2v) is 5.73.